The first-order valence-corrected chi connectivity index (χ1v) is 7.67. The van der Waals surface area contributed by atoms with E-state index in [0.29, 0.717) is 12.3 Å². The van der Waals surface area contributed by atoms with Gasteiger partial charge in [0.2, 0.25) is 5.91 Å². The van der Waals surface area contributed by atoms with Gasteiger partial charge >= 0.3 is 0 Å². The minimum atomic E-state index is 0.101. The summed E-state index contributed by atoms with van der Waals surface area (Å²) in [6.07, 6.45) is 7.23. The van der Waals surface area contributed by atoms with Crippen LogP contribution < -0.4 is 5.32 Å². The van der Waals surface area contributed by atoms with Gasteiger partial charge in [-0.15, -0.1) is 0 Å². The molecule has 1 aromatic rings. The highest BCUT2D eigenvalue weighted by molar-refractivity contribution is 5.78. The Balaban J connectivity index is 1.68. The Morgan fingerprint density at radius 2 is 2.24 bits per heavy atom. The van der Waals surface area contributed by atoms with Crippen LogP contribution in [0.4, 0.5) is 0 Å². The van der Waals surface area contributed by atoms with E-state index in [9.17, 15) is 4.79 Å². The molecule has 1 N–H and O–H groups in total. The molecule has 1 amide bonds. The third-order valence-corrected chi connectivity index (χ3v) is 4.04. The molecule has 0 spiro atoms. The summed E-state index contributed by atoms with van der Waals surface area (Å²) in [6, 6.07) is 3.77. The zero-order valence-electron chi connectivity index (χ0n) is 13.0. The van der Waals surface area contributed by atoms with Gasteiger partial charge in [0.05, 0.1) is 6.42 Å². The van der Waals surface area contributed by atoms with Gasteiger partial charge in [-0.3, -0.25) is 14.7 Å². The largest absolute Gasteiger partial charge is 0.355 e. The van der Waals surface area contributed by atoms with Crippen molar-refractivity contribution in [3.63, 3.8) is 0 Å². The first-order valence-electron chi connectivity index (χ1n) is 7.67. The number of aromatic nitrogens is 1. The first kappa shape index (κ1) is 15.7. The smallest absolute Gasteiger partial charge is 0.224 e. The fourth-order valence-corrected chi connectivity index (χ4v) is 2.67. The van der Waals surface area contributed by atoms with Crippen LogP contribution in [0.5, 0.6) is 0 Å². The molecule has 0 aromatic carbocycles. The maximum absolute atomic E-state index is 11.9. The van der Waals surface area contributed by atoms with Crippen molar-refractivity contribution >= 4 is 5.91 Å². The highest BCUT2D eigenvalue weighted by Crippen LogP contribution is 2.16. The first-order chi connectivity index (χ1) is 10.2. The number of carbonyl (C=O) groups excluding carboxylic acids is 1. The van der Waals surface area contributed by atoms with Crippen molar-refractivity contribution in [2.45, 2.75) is 26.7 Å². The molecule has 114 valence electrons. The summed E-state index contributed by atoms with van der Waals surface area (Å²) >= 11 is 0. The zero-order valence-corrected chi connectivity index (χ0v) is 13.0. The lowest BCUT2D eigenvalue weighted by Gasteiger charge is -2.16. The molecule has 21 heavy (non-hydrogen) atoms. The third kappa shape index (κ3) is 5.31. The van der Waals surface area contributed by atoms with E-state index in [1.807, 2.05) is 12.1 Å². The summed E-state index contributed by atoms with van der Waals surface area (Å²) in [4.78, 5) is 18.3. The number of hydrogen-bond donors (Lipinski definition) is 1. The molecule has 1 atom stereocenters. The quantitative estimate of drug-likeness (QED) is 0.814. The molecule has 0 unspecified atom stereocenters. The highest BCUT2D eigenvalue weighted by Gasteiger charge is 2.22. The van der Waals surface area contributed by atoms with E-state index >= 15 is 0 Å². The maximum Gasteiger partial charge on any atom is 0.224 e. The SMILES string of the molecule is C/C=C(\C)CN1CC[C@@H](CNC(=O)Cc2ccncc2)C1. The second-order valence-corrected chi connectivity index (χ2v) is 5.86. The number of allylic oxidation sites excluding steroid dienone is 1. The van der Waals surface area contributed by atoms with E-state index < -0.39 is 0 Å². The number of hydrogen-bond acceptors (Lipinski definition) is 3. The minimum absolute atomic E-state index is 0.101. The average molecular weight is 287 g/mol. The number of likely N-dealkylation sites (tertiary alicyclic amines) is 1. The fourth-order valence-electron chi connectivity index (χ4n) is 2.67. The van der Waals surface area contributed by atoms with Crippen LogP contribution in [0.3, 0.4) is 0 Å². The molecule has 0 bridgehead atoms. The van der Waals surface area contributed by atoms with Gasteiger partial charge in [0.1, 0.15) is 0 Å². The predicted octanol–water partition coefficient (Wildman–Crippen LogP) is 2.03. The summed E-state index contributed by atoms with van der Waals surface area (Å²) in [5, 5.41) is 3.06. The van der Waals surface area contributed by atoms with Gasteiger partial charge in [0.15, 0.2) is 0 Å². The molecule has 4 heteroatoms. The van der Waals surface area contributed by atoms with Crippen LogP contribution in [0, 0.1) is 5.92 Å². The zero-order chi connectivity index (χ0) is 15.1. The van der Waals surface area contributed by atoms with E-state index in [1.54, 1.807) is 12.4 Å². The van der Waals surface area contributed by atoms with Gasteiger partial charge in [-0.2, -0.15) is 0 Å². The molecule has 2 rings (SSSR count). The normalized spacial score (nSPS) is 19.7. The predicted molar refractivity (Wildman–Crippen MR) is 84.9 cm³/mol. The summed E-state index contributed by atoms with van der Waals surface area (Å²) in [5.41, 5.74) is 2.43. The van der Waals surface area contributed by atoms with Crippen molar-refractivity contribution in [2.24, 2.45) is 5.92 Å². The average Bonchev–Trinajstić information content (AvgIpc) is 2.93. The lowest BCUT2D eigenvalue weighted by molar-refractivity contribution is -0.120. The van der Waals surface area contributed by atoms with Crippen LogP contribution in [-0.4, -0.2) is 42.0 Å². The fraction of sp³-hybridized carbons (Fsp3) is 0.529. The lowest BCUT2D eigenvalue weighted by atomic mass is 10.1. The molecule has 0 radical (unpaired) electrons. The summed E-state index contributed by atoms with van der Waals surface area (Å²) in [5.74, 6) is 0.681. The highest BCUT2D eigenvalue weighted by atomic mass is 16.1. The topological polar surface area (TPSA) is 45.2 Å². The molecule has 1 fully saturated rings. The Morgan fingerprint density at radius 1 is 1.48 bits per heavy atom. The third-order valence-electron chi connectivity index (χ3n) is 4.04. The van der Waals surface area contributed by atoms with Crippen molar-refractivity contribution in [2.75, 3.05) is 26.2 Å². The molecule has 1 aromatic heterocycles. The van der Waals surface area contributed by atoms with E-state index in [-0.39, 0.29) is 5.91 Å². The Kier molecular flexibility index (Phi) is 5.93. The summed E-state index contributed by atoms with van der Waals surface area (Å²) < 4.78 is 0. The Labute approximate surface area is 127 Å². The Morgan fingerprint density at radius 3 is 2.95 bits per heavy atom. The van der Waals surface area contributed by atoms with Gasteiger partial charge in [0, 0.05) is 32.0 Å². The van der Waals surface area contributed by atoms with Crippen LogP contribution in [0.1, 0.15) is 25.8 Å². The summed E-state index contributed by atoms with van der Waals surface area (Å²) in [7, 11) is 0. The van der Waals surface area contributed by atoms with Crippen LogP contribution >= 0.6 is 0 Å². The maximum atomic E-state index is 11.9. The molecule has 2 heterocycles. The Bertz CT molecular complexity index is 484. The molecule has 0 saturated carbocycles. The number of carbonyl (C=O) groups is 1. The van der Waals surface area contributed by atoms with Crippen molar-refractivity contribution in [3.8, 4) is 0 Å². The van der Waals surface area contributed by atoms with Gasteiger partial charge in [-0.05, 0) is 50.4 Å². The molecular formula is C17H25N3O. The number of rotatable bonds is 6. The van der Waals surface area contributed by atoms with E-state index in [2.05, 4.69) is 35.1 Å². The van der Waals surface area contributed by atoms with E-state index in [1.165, 1.54) is 12.0 Å². The molecule has 4 nitrogen and oxygen atoms in total. The monoisotopic (exact) mass is 287 g/mol. The number of nitrogens with one attached hydrogen (secondary N) is 1. The molecule has 1 aliphatic heterocycles. The van der Waals surface area contributed by atoms with Crippen molar-refractivity contribution in [1.82, 2.24) is 15.2 Å². The molecule has 1 saturated heterocycles. The van der Waals surface area contributed by atoms with Gasteiger partial charge in [-0.25, -0.2) is 0 Å². The van der Waals surface area contributed by atoms with Crippen molar-refractivity contribution < 1.29 is 4.79 Å². The molecular weight excluding hydrogens is 262 g/mol. The number of amides is 1. The lowest BCUT2D eigenvalue weighted by Crippen LogP contribution is -2.32. The standard InChI is InChI=1S/C17H25N3O/c1-3-14(2)12-20-9-6-16(13-20)11-19-17(21)10-15-4-7-18-8-5-15/h3-5,7-8,16H,6,9-13H2,1-2H3,(H,19,21)/b14-3+/t16-/m0/s1. The van der Waals surface area contributed by atoms with Crippen LogP contribution in [0.25, 0.3) is 0 Å². The second-order valence-electron chi connectivity index (χ2n) is 5.86. The van der Waals surface area contributed by atoms with E-state index in [4.69, 9.17) is 0 Å². The van der Waals surface area contributed by atoms with Crippen LogP contribution in [-0.2, 0) is 11.2 Å². The summed E-state index contributed by atoms with van der Waals surface area (Å²) in [6.45, 7) is 8.32. The van der Waals surface area contributed by atoms with Crippen LogP contribution in [0.15, 0.2) is 36.2 Å². The Hall–Kier alpha value is -1.68. The molecule has 1 aliphatic rings. The van der Waals surface area contributed by atoms with Crippen molar-refractivity contribution in [1.29, 1.82) is 0 Å². The van der Waals surface area contributed by atoms with Gasteiger partial charge in [0.25, 0.3) is 0 Å². The number of nitrogens with zero attached hydrogens (tertiary/aromatic N) is 2. The number of pyridine rings is 1. The molecule has 0 aliphatic carbocycles. The minimum Gasteiger partial charge on any atom is -0.355 e. The van der Waals surface area contributed by atoms with E-state index in [0.717, 1.165) is 31.7 Å². The van der Waals surface area contributed by atoms with Crippen molar-refractivity contribution in [3.05, 3.63) is 41.7 Å². The van der Waals surface area contributed by atoms with Crippen LogP contribution in [0.2, 0.25) is 0 Å². The van der Waals surface area contributed by atoms with Gasteiger partial charge in [-0.1, -0.05) is 11.6 Å². The van der Waals surface area contributed by atoms with Gasteiger partial charge < -0.3 is 5.32 Å². The second kappa shape index (κ2) is 7.93.